The lowest BCUT2D eigenvalue weighted by atomic mass is 9.98. The molecule has 2 heteroatoms. The van der Waals surface area contributed by atoms with Crippen molar-refractivity contribution in [3.05, 3.63) is 57.7 Å². The first-order valence-corrected chi connectivity index (χ1v) is 7.01. The quantitative estimate of drug-likeness (QED) is 0.641. The summed E-state index contributed by atoms with van der Waals surface area (Å²) < 4.78 is 5.93. The molecule has 0 bridgehead atoms. The number of para-hydroxylation sites is 1. The molecular weight excluding hydrogens is 248 g/mol. The van der Waals surface area contributed by atoms with Gasteiger partial charge in [0.05, 0.1) is 10.8 Å². The van der Waals surface area contributed by atoms with Crippen molar-refractivity contribution in [2.75, 3.05) is 0 Å². The minimum Gasteiger partial charge on any atom is -0.456 e. The number of benzene rings is 2. The summed E-state index contributed by atoms with van der Waals surface area (Å²) >= 11 is 0. The summed E-state index contributed by atoms with van der Waals surface area (Å²) in [5.74, 6) is 0.582. The van der Waals surface area contributed by atoms with Gasteiger partial charge in [-0.25, -0.2) is 0 Å². The lowest BCUT2D eigenvalue weighted by molar-refractivity contribution is 0.639. The Morgan fingerprint density at radius 3 is 2.60 bits per heavy atom. The van der Waals surface area contributed by atoms with Crippen LogP contribution in [0, 0.1) is 12.8 Å². The van der Waals surface area contributed by atoms with Crippen molar-refractivity contribution in [3.63, 3.8) is 0 Å². The van der Waals surface area contributed by atoms with Gasteiger partial charge >= 0.3 is 0 Å². The maximum Gasteiger partial charge on any atom is 0.200 e. The first kappa shape index (κ1) is 12.9. The largest absolute Gasteiger partial charge is 0.456 e. The van der Waals surface area contributed by atoms with Gasteiger partial charge in [-0.2, -0.15) is 0 Å². The molecule has 2 aromatic carbocycles. The van der Waals surface area contributed by atoms with E-state index in [1.165, 1.54) is 5.56 Å². The Hall–Kier alpha value is -2.09. The molecule has 3 rings (SSSR count). The second-order valence-electron chi connectivity index (χ2n) is 5.81. The van der Waals surface area contributed by atoms with Gasteiger partial charge in [-0.15, -0.1) is 0 Å². The Morgan fingerprint density at radius 2 is 1.85 bits per heavy atom. The van der Waals surface area contributed by atoms with Crippen molar-refractivity contribution in [3.8, 4) is 0 Å². The number of rotatable bonds is 2. The maximum atomic E-state index is 12.6. The van der Waals surface area contributed by atoms with Crippen molar-refractivity contribution in [1.29, 1.82) is 0 Å². The van der Waals surface area contributed by atoms with E-state index in [2.05, 4.69) is 19.9 Å². The lowest BCUT2D eigenvalue weighted by Gasteiger charge is -2.09. The molecule has 0 radical (unpaired) electrons. The van der Waals surface area contributed by atoms with E-state index in [0.29, 0.717) is 27.9 Å². The predicted molar refractivity (Wildman–Crippen MR) is 83.3 cm³/mol. The van der Waals surface area contributed by atoms with Crippen LogP contribution in [-0.4, -0.2) is 0 Å². The summed E-state index contributed by atoms with van der Waals surface area (Å²) in [7, 11) is 0. The summed E-state index contributed by atoms with van der Waals surface area (Å²) in [5, 5.41) is 1.36. The van der Waals surface area contributed by atoms with Gasteiger partial charge in [0.25, 0.3) is 0 Å². The fraction of sp³-hybridized carbons (Fsp3) is 0.278. The van der Waals surface area contributed by atoms with E-state index in [4.69, 9.17) is 4.42 Å². The van der Waals surface area contributed by atoms with E-state index < -0.39 is 0 Å². The van der Waals surface area contributed by atoms with E-state index in [0.717, 1.165) is 12.0 Å². The van der Waals surface area contributed by atoms with Gasteiger partial charge in [0.2, 0.25) is 5.43 Å². The minimum atomic E-state index is 0.0652. The SMILES string of the molecule is Cc1cc(CC(C)C)cc2oc3ccccc3c(=O)c12. The van der Waals surface area contributed by atoms with Crippen molar-refractivity contribution in [2.24, 2.45) is 5.92 Å². The molecule has 0 aliphatic heterocycles. The molecule has 0 spiro atoms. The molecule has 0 saturated carbocycles. The molecule has 0 N–H and O–H groups in total. The Balaban J connectivity index is 2.37. The van der Waals surface area contributed by atoms with Crippen LogP contribution in [0.25, 0.3) is 21.9 Å². The third-order valence-electron chi connectivity index (χ3n) is 3.58. The van der Waals surface area contributed by atoms with Crippen LogP contribution in [0.3, 0.4) is 0 Å². The predicted octanol–water partition coefficient (Wildman–Crippen LogP) is 4.45. The number of fused-ring (bicyclic) bond motifs is 2. The van der Waals surface area contributed by atoms with Gasteiger partial charge in [-0.05, 0) is 48.6 Å². The Kier molecular flexibility index (Phi) is 3.09. The molecule has 0 unspecified atom stereocenters. The van der Waals surface area contributed by atoms with Gasteiger partial charge in [0.1, 0.15) is 11.2 Å². The smallest absolute Gasteiger partial charge is 0.200 e. The number of aryl methyl sites for hydroxylation is 1. The molecule has 102 valence electrons. The first-order valence-electron chi connectivity index (χ1n) is 7.01. The Labute approximate surface area is 118 Å². The highest BCUT2D eigenvalue weighted by Crippen LogP contribution is 2.23. The van der Waals surface area contributed by atoms with Crippen LogP contribution in [0.1, 0.15) is 25.0 Å². The topological polar surface area (TPSA) is 30.2 Å². The van der Waals surface area contributed by atoms with Crippen LogP contribution in [0.5, 0.6) is 0 Å². The number of hydrogen-bond acceptors (Lipinski definition) is 2. The normalized spacial score (nSPS) is 11.6. The average molecular weight is 266 g/mol. The van der Waals surface area contributed by atoms with E-state index in [-0.39, 0.29) is 5.43 Å². The fourth-order valence-electron chi connectivity index (χ4n) is 2.78. The number of hydrogen-bond donors (Lipinski definition) is 0. The molecule has 0 atom stereocenters. The van der Waals surface area contributed by atoms with Crippen LogP contribution in [0.4, 0.5) is 0 Å². The first-order chi connectivity index (χ1) is 9.56. The molecular formula is C18H18O2. The molecule has 0 fully saturated rings. The van der Waals surface area contributed by atoms with Gasteiger partial charge < -0.3 is 4.42 Å². The van der Waals surface area contributed by atoms with Gasteiger partial charge in [-0.1, -0.05) is 32.0 Å². The molecule has 2 nitrogen and oxygen atoms in total. The van der Waals surface area contributed by atoms with Crippen LogP contribution < -0.4 is 5.43 Å². The summed E-state index contributed by atoms with van der Waals surface area (Å²) in [6.07, 6.45) is 0.993. The zero-order valence-electron chi connectivity index (χ0n) is 12.1. The molecule has 20 heavy (non-hydrogen) atoms. The molecule has 1 heterocycles. The van der Waals surface area contributed by atoms with Gasteiger partial charge in [-0.3, -0.25) is 4.79 Å². The minimum absolute atomic E-state index is 0.0652. The molecule has 0 saturated heterocycles. The van der Waals surface area contributed by atoms with E-state index in [1.54, 1.807) is 0 Å². The lowest BCUT2D eigenvalue weighted by Crippen LogP contribution is -2.05. The van der Waals surface area contributed by atoms with E-state index >= 15 is 0 Å². The second-order valence-corrected chi connectivity index (χ2v) is 5.81. The third kappa shape index (κ3) is 2.11. The Morgan fingerprint density at radius 1 is 1.10 bits per heavy atom. The summed E-state index contributed by atoms with van der Waals surface area (Å²) in [6, 6.07) is 11.5. The maximum absolute atomic E-state index is 12.6. The Bertz CT molecular complexity index is 841. The molecule has 0 amide bonds. The van der Waals surface area contributed by atoms with Gasteiger partial charge in [0, 0.05) is 0 Å². The fourth-order valence-corrected chi connectivity index (χ4v) is 2.78. The van der Waals surface area contributed by atoms with Crippen LogP contribution in [0.15, 0.2) is 45.6 Å². The van der Waals surface area contributed by atoms with Crippen molar-refractivity contribution in [2.45, 2.75) is 27.2 Å². The van der Waals surface area contributed by atoms with Crippen molar-refractivity contribution < 1.29 is 4.42 Å². The zero-order chi connectivity index (χ0) is 14.3. The average Bonchev–Trinajstić information content (AvgIpc) is 2.37. The van der Waals surface area contributed by atoms with Crippen LogP contribution in [-0.2, 0) is 6.42 Å². The third-order valence-corrected chi connectivity index (χ3v) is 3.58. The van der Waals surface area contributed by atoms with Crippen LogP contribution >= 0.6 is 0 Å². The second kappa shape index (κ2) is 4.78. The molecule has 0 aliphatic rings. The van der Waals surface area contributed by atoms with E-state index in [9.17, 15) is 4.79 Å². The van der Waals surface area contributed by atoms with Crippen LogP contribution in [0.2, 0.25) is 0 Å². The van der Waals surface area contributed by atoms with Crippen molar-refractivity contribution >= 4 is 21.9 Å². The zero-order valence-corrected chi connectivity index (χ0v) is 12.1. The highest BCUT2D eigenvalue weighted by Gasteiger charge is 2.11. The summed E-state index contributed by atoms with van der Waals surface area (Å²) in [4.78, 5) is 12.6. The standard InChI is InChI=1S/C18H18O2/c1-11(2)8-13-9-12(3)17-16(10-13)20-15-7-5-4-6-14(15)18(17)19/h4-7,9-11H,8H2,1-3H3. The monoisotopic (exact) mass is 266 g/mol. The summed E-state index contributed by atoms with van der Waals surface area (Å²) in [6.45, 7) is 6.37. The molecule has 0 aliphatic carbocycles. The van der Waals surface area contributed by atoms with Crippen molar-refractivity contribution in [1.82, 2.24) is 0 Å². The highest BCUT2D eigenvalue weighted by atomic mass is 16.3. The molecule has 1 aromatic heterocycles. The van der Waals surface area contributed by atoms with E-state index in [1.807, 2.05) is 37.3 Å². The highest BCUT2D eigenvalue weighted by molar-refractivity contribution is 5.91. The summed E-state index contributed by atoms with van der Waals surface area (Å²) in [5.41, 5.74) is 3.65. The van der Waals surface area contributed by atoms with Gasteiger partial charge in [0.15, 0.2) is 0 Å². The molecule has 3 aromatic rings.